The van der Waals surface area contributed by atoms with Gasteiger partial charge in [0.15, 0.2) is 5.96 Å². The highest BCUT2D eigenvalue weighted by molar-refractivity contribution is 14.0. The van der Waals surface area contributed by atoms with Crippen LogP contribution in [0.4, 0.5) is 0 Å². The summed E-state index contributed by atoms with van der Waals surface area (Å²) in [5.74, 6) is 1.02. The maximum Gasteiger partial charge on any atom is 0.227 e. The maximum absolute atomic E-state index is 12.6. The van der Waals surface area contributed by atoms with Crippen LogP contribution in [0.15, 0.2) is 29.3 Å². The first kappa shape index (κ1) is 23.2. The van der Waals surface area contributed by atoms with Crippen molar-refractivity contribution >= 4 is 47.4 Å². The van der Waals surface area contributed by atoms with Crippen LogP contribution in [0, 0.1) is 5.41 Å². The van der Waals surface area contributed by atoms with Gasteiger partial charge in [-0.25, -0.2) is 0 Å². The Bertz CT molecular complexity index is 689. The molecule has 1 aliphatic carbocycles. The van der Waals surface area contributed by atoms with Crippen LogP contribution in [-0.2, 0) is 11.2 Å². The number of benzene rings is 1. The van der Waals surface area contributed by atoms with E-state index in [2.05, 4.69) is 17.1 Å². The summed E-state index contributed by atoms with van der Waals surface area (Å²) in [6.07, 6.45) is 2.49. The van der Waals surface area contributed by atoms with Crippen molar-refractivity contribution in [2.24, 2.45) is 10.4 Å². The molecule has 0 aromatic heterocycles. The lowest BCUT2D eigenvalue weighted by Crippen LogP contribution is -2.54. The molecule has 8 heteroatoms. The number of nitrogens with one attached hydrogen (secondary N) is 1. The van der Waals surface area contributed by atoms with E-state index in [4.69, 9.17) is 16.6 Å². The van der Waals surface area contributed by atoms with Gasteiger partial charge in [-0.3, -0.25) is 9.79 Å². The first-order valence-electron chi connectivity index (χ1n) is 9.71. The molecule has 1 heterocycles. The zero-order valence-corrected chi connectivity index (χ0v) is 19.5. The summed E-state index contributed by atoms with van der Waals surface area (Å²) in [6.45, 7) is 6.64. The highest BCUT2D eigenvalue weighted by Gasteiger charge is 2.42. The zero-order chi connectivity index (χ0) is 19.3. The van der Waals surface area contributed by atoms with Gasteiger partial charge in [-0.15, -0.1) is 24.0 Å². The van der Waals surface area contributed by atoms with E-state index < -0.39 is 0 Å². The second-order valence-electron chi connectivity index (χ2n) is 7.50. The number of hydrogen-bond acceptors (Lipinski definition) is 3. The van der Waals surface area contributed by atoms with Gasteiger partial charge < -0.3 is 20.2 Å². The summed E-state index contributed by atoms with van der Waals surface area (Å²) in [7, 11) is 0. The number of aliphatic imine (C=N–C) groups is 1. The molecule has 0 unspecified atom stereocenters. The minimum atomic E-state index is 0. The lowest BCUT2D eigenvalue weighted by Gasteiger charge is -2.36. The van der Waals surface area contributed by atoms with Crippen molar-refractivity contribution in [1.29, 1.82) is 0 Å². The van der Waals surface area contributed by atoms with Crippen molar-refractivity contribution in [2.75, 3.05) is 45.9 Å². The number of amides is 1. The van der Waals surface area contributed by atoms with Crippen LogP contribution < -0.4 is 5.32 Å². The summed E-state index contributed by atoms with van der Waals surface area (Å²) in [5.41, 5.74) is 0.957. The fourth-order valence-electron chi connectivity index (χ4n) is 3.31. The van der Waals surface area contributed by atoms with E-state index in [9.17, 15) is 9.90 Å². The predicted octanol–water partition coefficient (Wildman–Crippen LogP) is 2.38. The van der Waals surface area contributed by atoms with Crippen LogP contribution in [-0.4, -0.2) is 72.6 Å². The standard InChI is InChI=1S/C20H29ClN4O2.HI/c1-2-22-19(23-14-20(15-26)6-7-20)25-10-8-24(9-11-25)18(27)13-16-4-3-5-17(21)12-16;/h3-5,12,26H,2,6-11,13-15H2,1H3,(H,22,23);1H. The Labute approximate surface area is 189 Å². The second-order valence-corrected chi connectivity index (χ2v) is 7.94. The van der Waals surface area contributed by atoms with Crippen molar-refractivity contribution in [3.8, 4) is 0 Å². The highest BCUT2D eigenvalue weighted by Crippen LogP contribution is 2.45. The molecule has 2 fully saturated rings. The Kier molecular flexibility index (Phi) is 8.82. The molecule has 0 atom stereocenters. The van der Waals surface area contributed by atoms with Gasteiger partial charge >= 0.3 is 0 Å². The van der Waals surface area contributed by atoms with Gasteiger partial charge in [-0.05, 0) is 37.5 Å². The van der Waals surface area contributed by atoms with E-state index in [1.165, 1.54) is 0 Å². The molecule has 1 aliphatic heterocycles. The average Bonchev–Trinajstić information content (AvgIpc) is 3.46. The van der Waals surface area contributed by atoms with Gasteiger partial charge in [0.05, 0.1) is 19.6 Å². The largest absolute Gasteiger partial charge is 0.396 e. The number of piperazine rings is 1. The molecule has 1 aromatic carbocycles. The van der Waals surface area contributed by atoms with Gasteiger partial charge in [0.1, 0.15) is 0 Å². The molecular formula is C20H30ClIN4O2. The SMILES string of the molecule is CCNC(=NCC1(CO)CC1)N1CCN(C(=O)Cc2cccc(Cl)c2)CC1.I. The molecule has 28 heavy (non-hydrogen) atoms. The van der Waals surface area contributed by atoms with E-state index in [-0.39, 0.29) is 41.9 Å². The second kappa shape index (κ2) is 10.6. The first-order valence-corrected chi connectivity index (χ1v) is 10.1. The summed E-state index contributed by atoms with van der Waals surface area (Å²) < 4.78 is 0. The average molecular weight is 521 g/mol. The zero-order valence-electron chi connectivity index (χ0n) is 16.4. The number of guanidine groups is 1. The normalized spacial score (nSPS) is 18.5. The number of aliphatic hydroxyl groups is 1. The third-order valence-electron chi connectivity index (χ3n) is 5.37. The fourth-order valence-corrected chi connectivity index (χ4v) is 3.53. The van der Waals surface area contributed by atoms with E-state index in [1.54, 1.807) is 0 Å². The van der Waals surface area contributed by atoms with Crippen LogP contribution >= 0.6 is 35.6 Å². The molecule has 3 rings (SSSR count). The molecule has 1 aromatic rings. The van der Waals surface area contributed by atoms with Gasteiger partial charge in [0.2, 0.25) is 5.91 Å². The lowest BCUT2D eigenvalue weighted by molar-refractivity contribution is -0.131. The quantitative estimate of drug-likeness (QED) is 0.343. The first-order chi connectivity index (χ1) is 13.0. The van der Waals surface area contributed by atoms with Crippen molar-refractivity contribution in [1.82, 2.24) is 15.1 Å². The summed E-state index contributed by atoms with van der Waals surface area (Å²) in [4.78, 5) is 21.4. The number of carbonyl (C=O) groups excluding carboxylic acids is 1. The smallest absolute Gasteiger partial charge is 0.227 e. The van der Waals surface area contributed by atoms with Crippen molar-refractivity contribution in [3.05, 3.63) is 34.9 Å². The van der Waals surface area contributed by atoms with Crippen LogP contribution in [0.2, 0.25) is 5.02 Å². The number of carbonyl (C=O) groups is 1. The van der Waals surface area contributed by atoms with Crippen molar-refractivity contribution in [3.63, 3.8) is 0 Å². The molecule has 1 saturated carbocycles. The summed E-state index contributed by atoms with van der Waals surface area (Å²) >= 11 is 6.01. The third kappa shape index (κ3) is 6.22. The monoisotopic (exact) mass is 520 g/mol. The summed E-state index contributed by atoms with van der Waals surface area (Å²) in [6, 6.07) is 7.48. The van der Waals surface area contributed by atoms with Gasteiger partial charge in [-0.1, -0.05) is 23.7 Å². The molecular weight excluding hydrogens is 491 g/mol. The molecule has 6 nitrogen and oxygen atoms in total. The predicted molar refractivity (Wildman–Crippen MR) is 123 cm³/mol. The van der Waals surface area contributed by atoms with Gasteiger partial charge in [-0.2, -0.15) is 0 Å². The molecule has 0 bridgehead atoms. The van der Waals surface area contributed by atoms with Gasteiger partial charge in [0.25, 0.3) is 0 Å². The van der Waals surface area contributed by atoms with Crippen LogP contribution in [0.5, 0.6) is 0 Å². The Morgan fingerprint density at radius 2 is 1.93 bits per heavy atom. The topological polar surface area (TPSA) is 68.2 Å². The minimum absolute atomic E-state index is 0. The number of rotatable bonds is 6. The van der Waals surface area contributed by atoms with Crippen molar-refractivity contribution in [2.45, 2.75) is 26.2 Å². The Morgan fingerprint density at radius 3 is 2.50 bits per heavy atom. The Balaban J connectivity index is 0.00000280. The molecule has 2 N–H and O–H groups in total. The third-order valence-corrected chi connectivity index (χ3v) is 5.60. The maximum atomic E-state index is 12.6. The lowest BCUT2D eigenvalue weighted by atomic mass is 10.1. The van der Waals surface area contributed by atoms with Crippen LogP contribution in [0.3, 0.4) is 0 Å². The van der Waals surface area contributed by atoms with Crippen molar-refractivity contribution < 1.29 is 9.90 Å². The van der Waals surface area contributed by atoms with E-state index in [0.29, 0.717) is 31.1 Å². The molecule has 2 aliphatic rings. The van der Waals surface area contributed by atoms with Crippen LogP contribution in [0.25, 0.3) is 0 Å². The number of aliphatic hydroxyl groups excluding tert-OH is 1. The minimum Gasteiger partial charge on any atom is -0.396 e. The molecule has 1 saturated heterocycles. The highest BCUT2D eigenvalue weighted by atomic mass is 127. The van der Waals surface area contributed by atoms with Crippen LogP contribution in [0.1, 0.15) is 25.3 Å². The number of nitrogens with zero attached hydrogens (tertiary/aromatic N) is 3. The molecule has 0 spiro atoms. The Morgan fingerprint density at radius 1 is 1.25 bits per heavy atom. The molecule has 156 valence electrons. The van der Waals surface area contributed by atoms with E-state index in [1.807, 2.05) is 29.2 Å². The van der Waals surface area contributed by atoms with Gasteiger partial charge in [0, 0.05) is 43.2 Å². The number of halogens is 2. The van der Waals surface area contributed by atoms with E-state index in [0.717, 1.165) is 44.0 Å². The Hall–Kier alpha value is -1.06. The van der Waals surface area contributed by atoms with E-state index >= 15 is 0 Å². The fraction of sp³-hybridized carbons (Fsp3) is 0.600. The molecule has 0 radical (unpaired) electrons. The molecule has 1 amide bonds. The number of hydrogen-bond donors (Lipinski definition) is 2. The summed E-state index contributed by atoms with van der Waals surface area (Å²) in [5, 5.41) is 13.5.